The molecule has 1 fully saturated rings. The summed E-state index contributed by atoms with van der Waals surface area (Å²) in [6.07, 6.45) is 3.87. The summed E-state index contributed by atoms with van der Waals surface area (Å²) < 4.78 is 5.72. The van der Waals surface area contributed by atoms with E-state index in [2.05, 4.69) is 37.8 Å². The molecule has 1 aliphatic rings. The molecular formula is C14H29NOS. The van der Waals surface area contributed by atoms with Crippen LogP contribution in [-0.2, 0) is 4.74 Å². The third-order valence-corrected chi connectivity index (χ3v) is 4.34. The maximum absolute atomic E-state index is 5.72. The lowest BCUT2D eigenvalue weighted by atomic mass is 9.80. The monoisotopic (exact) mass is 259 g/mol. The van der Waals surface area contributed by atoms with Gasteiger partial charge in [-0.2, -0.15) is 11.8 Å². The predicted molar refractivity (Wildman–Crippen MR) is 77.8 cm³/mol. The third-order valence-electron chi connectivity index (χ3n) is 3.44. The Labute approximate surface area is 111 Å². The Morgan fingerprint density at radius 3 is 2.82 bits per heavy atom. The molecule has 0 amide bonds. The SMILES string of the molecule is CCSCCC1(CNCC(C)C)CCCOC1. The first-order valence-electron chi connectivity index (χ1n) is 7.05. The zero-order valence-corrected chi connectivity index (χ0v) is 12.6. The molecule has 3 heteroatoms. The molecule has 1 atom stereocenters. The fraction of sp³-hybridized carbons (Fsp3) is 1.00. The zero-order chi connectivity index (χ0) is 12.6. The summed E-state index contributed by atoms with van der Waals surface area (Å²) in [6, 6.07) is 0. The van der Waals surface area contributed by atoms with E-state index in [0.717, 1.165) is 32.2 Å². The Bertz CT molecular complexity index is 191. The Kier molecular flexibility index (Phi) is 7.56. The summed E-state index contributed by atoms with van der Waals surface area (Å²) in [5.74, 6) is 3.25. The second-order valence-electron chi connectivity index (χ2n) is 5.63. The van der Waals surface area contributed by atoms with Crippen molar-refractivity contribution in [2.75, 3.05) is 37.8 Å². The molecule has 0 aromatic rings. The molecule has 0 radical (unpaired) electrons. The fourth-order valence-electron chi connectivity index (χ4n) is 2.39. The highest BCUT2D eigenvalue weighted by atomic mass is 32.2. The molecule has 1 rings (SSSR count). The van der Waals surface area contributed by atoms with Gasteiger partial charge in [0.15, 0.2) is 0 Å². The molecule has 1 aliphatic heterocycles. The van der Waals surface area contributed by atoms with Crippen molar-refractivity contribution in [3.63, 3.8) is 0 Å². The molecule has 1 heterocycles. The van der Waals surface area contributed by atoms with Crippen LogP contribution < -0.4 is 5.32 Å². The van der Waals surface area contributed by atoms with Crippen molar-refractivity contribution >= 4 is 11.8 Å². The first-order chi connectivity index (χ1) is 8.18. The number of thioether (sulfide) groups is 1. The van der Waals surface area contributed by atoms with E-state index in [1.165, 1.54) is 30.8 Å². The number of ether oxygens (including phenoxy) is 1. The van der Waals surface area contributed by atoms with Gasteiger partial charge in [0.1, 0.15) is 0 Å². The van der Waals surface area contributed by atoms with Crippen molar-refractivity contribution in [2.24, 2.45) is 11.3 Å². The van der Waals surface area contributed by atoms with Crippen molar-refractivity contribution in [2.45, 2.75) is 40.0 Å². The Morgan fingerprint density at radius 2 is 2.24 bits per heavy atom. The van der Waals surface area contributed by atoms with Gasteiger partial charge in [0.05, 0.1) is 6.61 Å². The normalized spacial score (nSPS) is 25.4. The predicted octanol–water partition coefficient (Wildman–Crippen LogP) is 3.17. The maximum Gasteiger partial charge on any atom is 0.0534 e. The zero-order valence-electron chi connectivity index (χ0n) is 11.8. The van der Waals surface area contributed by atoms with E-state index in [-0.39, 0.29) is 0 Å². The van der Waals surface area contributed by atoms with E-state index in [9.17, 15) is 0 Å². The largest absolute Gasteiger partial charge is 0.381 e. The third kappa shape index (κ3) is 6.12. The summed E-state index contributed by atoms with van der Waals surface area (Å²) in [7, 11) is 0. The summed E-state index contributed by atoms with van der Waals surface area (Å²) in [6.45, 7) is 11.0. The van der Waals surface area contributed by atoms with E-state index < -0.39 is 0 Å². The molecule has 0 aromatic carbocycles. The van der Waals surface area contributed by atoms with Gasteiger partial charge in [-0.25, -0.2) is 0 Å². The van der Waals surface area contributed by atoms with Crippen LogP contribution in [0.5, 0.6) is 0 Å². The minimum Gasteiger partial charge on any atom is -0.381 e. The second-order valence-corrected chi connectivity index (χ2v) is 7.02. The van der Waals surface area contributed by atoms with E-state index >= 15 is 0 Å². The lowest BCUT2D eigenvalue weighted by molar-refractivity contribution is -0.00897. The van der Waals surface area contributed by atoms with Gasteiger partial charge in [-0.05, 0) is 43.2 Å². The standard InChI is InChI=1S/C14H29NOS/c1-4-17-9-7-14(6-5-8-16-12-14)11-15-10-13(2)3/h13,15H,4-12H2,1-3H3. The van der Waals surface area contributed by atoms with E-state index in [4.69, 9.17) is 4.74 Å². The minimum absolute atomic E-state index is 0.412. The molecule has 0 aromatic heterocycles. The van der Waals surface area contributed by atoms with Crippen molar-refractivity contribution < 1.29 is 4.74 Å². The average molecular weight is 259 g/mol. The average Bonchev–Trinajstić information content (AvgIpc) is 2.30. The van der Waals surface area contributed by atoms with Gasteiger partial charge in [-0.3, -0.25) is 0 Å². The Hall–Kier alpha value is 0.270. The molecule has 0 aliphatic carbocycles. The highest BCUT2D eigenvalue weighted by Gasteiger charge is 2.32. The van der Waals surface area contributed by atoms with Gasteiger partial charge in [-0.15, -0.1) is 0 Å². The van der Waals surface area contributed by atoms with Crippen LogP contribution in [0.3, 0.4) is 0 Å². The lowest BCUT2D eigenvalue weighted by Crippen LogP contribution is -2.42. The maximum atomic E-state index is 5.72. The summed E-state index contributed by atoms with van der Waals surface area (Å²) in [4.78, 5) is 0. The number of hydrogen-bond acceptors (Lipinski definition) is 3. The van der Waals surface area contributed by atoms with Gasteiger partial charge in [0, 0.05) is 18.6 Å². The smallest absolute Gasteiger partial charge is 0.0534 e. The molecule has 0 bridgehead atoms. The molecule has 1 unspecified atom stereocenters. The van der Waals surface area contributed by atoms with E-state index in [1.807, 2.05) is 0 Å². The molecule has 17 heavy (non-hydrogen) atoms. The second kappa shape index (κ2) is 8.39. The van der Waals surface area contributed by atoms with Crippen LogP contribution in [0.2, 0.25) is 0 Å². The van der Waals surface area contributed by atoms with Crippen molar-refractivity contribution in [3.8, 4) is 0 Å². The summed E-state index contributed by atoms with van der Waals surface area (Å²) >= 11 is 2.06. The topological polar surface area (TPSA) is 21.3 Å². The lowest BCUT2D eigenvalue weighted by Gasteiger charge is -2.37. The van der Waals surface area contributed by atoms with Crippen LogP contribution in [-0.4, -0.2) is 37.8 Å². The Morgan fingerprint density at radius 1 is 1.41 bits per heavy atom. The highest BCUT2D eigenvalue weighted by molar-refractivity contribution is 7.99. The van der Waals surface area contributed by atoms with Crippen LogP contribution in [0, 0.1) is 11.3 Å². The first-order valence-corrected chi connectivity index (χ1v) is 8.20. The number of nitrogens with one attached hydrogen (secondary N) is 1. The van der Waals surface area contributed by atoms with E-state index in [1.54, 1.807) is 0 Å². The van der Waals surface area contributed by atoms with Crippen LogP contribution in [0.4, 0.5) is 0 Å². The molecule has 1 N–H and O–H groups in total. The van der Waals surface area contributed by atoms with Crippen molar-refractivity contribution in [3.05, 3.63) is 0 Å². The van der Waals surface area contributed by atoms with Crippen LogP contribution in [0.25, 0.3) is 0 Å². The number of hydrogen-bond donors (Lipinski definition) is 1. The highest BCUT2D eigenvalue weighted by Crippen LogP contribution is 2.33. The molecular weight excluding hydrogens is 230 g/mol. The van der Waals surface area contributed by atoms with Crippen molar-refractivity contribution in [1.82, 2.24) is 5.32 Å². The minimum atomic E-state index is 0.412. The van der Waals surface area contributed by atoms with Gasteiger partial charge < -0.3 is 10.1 Å². The molecule has 2 nitrogen and oxygen atoms in total. The fourth-order valence-corrected chi connectivity index (χ4v) is 3.26. The Balaban J connectivity index is 2.34. The molecule has 1 saturated heterocycles. The van der Waals surface area contributed by atoms with Crippen molar-refractivity contribution in [1.29, 1.82) is 0 Å². The van der Waals surface area contributed by atoms with Gasteiger partial charge >= 0.3 is 0 Å². The van der Waals surface area contributed by atoms with Crippen LogP contribution in [0.15, 0.2) is 0 Å². The molecule has 0 spiro atoms. The van der Waals surface area contributed by atoms with Crippen LogP contribution in [0.1, 0.15) is 40.0 Å². The number of rotatable bonds is 8. The molecule has 0 saturated carbocycles. The first kappa shape index (κ1) is 15.3. The quantitative estimate of drug-likeness (QED) is 0.677. The van der Waals surface area contributed by atoms with Gasteiger partial charge in [-0.1, -0.05) is 20.8 Å². The summed E-state index contributed by atoms with van der Waals surface area (Å²) in [5.41, 5.74) is 0.412. The van der Waals surface area contributed by atoms with Gasteiger partial charge in [0.2, 0.25) is 0 Å². The van der Waals surface area contributed by atoms with E-state index in [0.29, 0.717) is 5.41 Å². The van der Waals surface area contributed by atoms with Crippen LogP contribution >= 0.6 is 11.8 Å². The van der Waals surface area contributed by atoms with Gasteiger partial charge in [0.25, 0.3) is 0 Å². The summed E-state index contributed by atoms with van der Waals surface area (Å²) in [5, 5.41) is 3.63. The molecule has 102 valence electrons.